The minimum atomic E-state index is -1.30. The molecule has 1 heterocycles. The van der Waals surface area contributed by atoms with Gasteiger partial charge in [0.1, 0.15) is 0 Å². The highest BCUT2D eigenvalue weighted by Gasteiger charge is 2.79. The average Bonchev–Trinajstić information content (AvgIpc) is 2.86. The molecule has 0 bridgehead atoms. The highest BCUT2D eigenvalue weighted by Crippen LogP contribution is 2.68. The maximum absolute atomic E-state index is 11.6. The van der Waals surface area contributed by atoms with E-state index in [0.29, 0.717) is 0 Å². The number of carboxylic acids is 1. The number of cyclic esters (lactones) is 1. The van der Waals surface area contributed by atoms with E-state index in [0.717, 1.165) is 5.56 Å². The summed E-state index contributed by atoms with van der Waals surface area (Å²) in [6.07, 6.45) is 0. The normalized spacial score (nSPS) is 35.4. The Hall–Kier alpha value is -1.84. The number of fused-ring (bicyclic) bond motifs is 1. The van der Waals surface area contributed by atoms with E-state index in [-0.39, 0.29) is 18.4 Å². The number of hydrogen-bond acceptors (Lipinski definition) is 3. The summed E-state index contributed by atoms with van der Waals surface area (Å²) in [5.41, 5.74) is -0.395. The molecular formula is C12H10O4. The van der Waals surface area contributed by atoms with Crippen molar-refractivity contribution in [3.05, 3.63) is 35.9 Å². The highest BCUT2D eigenvalue weighted by molar-refractivity contribution is 6.06. The molecular weight excluding hydrogens is 208 g/mol. The van der Waals surface area contributed by atoms with Gasteiger partial charge in [-0.05, 0) is 5.56 Å². The second-order valence-corrected chi connectivity index (χ2v) is 4.27. The van der Waals surface area contributed by atoms with E-state index < -0.39 is 17.4 Å². The molecule has 16 heavy (non-hydrogen) atoms. The SMILES string of the molecule is O=C(O)[C@]12C(=O)OC[C@H]1[C@H]2c1ccccc1. The van der Waals surface area contributed by atoms with Crippen LogP contribution in [0.15, 0.2) is 30.3 Å². The summed E-state index contributed by atoms with van der Waals surface area (Å²) in [6.45, 7) is 0.227. The quantitative estimate of drug-likeness (QED) is 0.594. The predicted molar refractivity (Wildman–Crippen MR) is 53.7 cm³/mol. The fourth-order valence-corrected chi connectivity index (χ4v) is 2.79. The third kappa shape index (κ3) is 0.894. The average molecular weight is 218 g/mol. The van der Waals surface area contributed by atoms with Crippen molar-refractivity contribution in [1.82, 2.24) is 0 Å². The molecule has 4 heteroatoms. The Morgan fingerprint density at radius 3 is 2.62 bits per heavy atom. The number of ether oxygens (including phenoxy) is 1. The van der Waals surface area contributed by atoms with Crippen LogP contribution >= 0.6 is 0 Å². The topological polar surface area (TPSA) is 63.6 Å². The fraction of sp³-hybridized carbons (Fsp3) is 0.333. The lowest BCUT2D eigenvalue weighted by molar-refractivity contribution is -0.156. The van der Waals surface area contributed by atoms with Gasteiger partial charge in [0.2, 0.25) is 0 Å². The number of rotatable bonds is 2. The van der Waals surface area contributed by atoms with E-state index >= 15 is 0 Å². The number of hydrogen-bond donors (Lipinski definition) is 1. The molecule has 2 fully saturated rings. The van der Waals surface area contributed by atoms with Gasteiger partial charge in [0.15, 0.2) is 5.41 Å². The predicted octanol–water partition coefficient (Wildman–Crippen LogP) is 1.03. The van der Waals surface area contributed by atoms with Gasteiger partial charge >= 0.3 is 11.9 Å². The van der Waals surface area contributed by atoms with Crippen LogP contribution in [0.3, 0.4) is 0 Å². The van der Waals surface area contributed by atoms with Gasteiger partial charge in [-0.3, -0.25) is 9.59 Å². The van der Waals surface area contributed by atoms with Crippen LogP contribution in [0.5, 0.6) is 0 Å². The van der Waals surface area contributed by atoms with E-state index in [9.17, 15) is 14.7 Å². The molecule has 0 radical (unpaired) electrons. The maximum Gasteiger partial charge on any atom is 0.324 e. The Kier molecular flexibility index (Phi) is 1.67. The zero-order chi connectivity index (χ0) is 11.3. The van der Waals surface area contributed by atoms with E-state index in [1.807, 2.05) is 30.3 Å². The Labute approximate surface area is 91.8 Å². The number of carbonyl (C=O) groups is 2. The number of aliphatic carboxylic acids is 1. The van der Waals surface area contributed by atoms with Crippen LogP contribution in [-0.2, 0) is 14.3 Å². The molecule has 3 atom stereocenters. The molecule has 0 aromatic heterocycles. The Balaban J connectivity index is 2.03. The second-order valence-electron chi connectivity index (χ2n) is 4.27. The molecule has 1 aliphatic heterocycles. The van der Waals surface area contributed by atoms with Crippen molar-refractivity contribution in [2.45, 2.75) is 5.92 Å². The molecule has 0 spiro atoms. The van der Waals surface area contributed by atoms with Crippen LogP contribution in [0.2, 0.25) is 0 Å². The fourth-order valence-electron chi connectivity index (χ4n) is 2.79. The van der Waals surface area contributed by atoms with Gasteiger partial charge in [0.25, 0.3) is 0 Å². The van der Waals surface area contributed by atoms with Gasteiger partial charge in [0.05, 0.1) is 6.61 Å². The summed E-state index contributed by atoms with van der Waals surface area (Å²) in [5.74, 6) is -2.06. The molecule has 1 saturated carbocycles. The first-order chi connectivity index (χ1) is 7.69. The monoisotopic (exact) mass is 218 g/mol. The van der Waals surface area contributed by atoms with Crippen LogP contribution < -0.4 is 0 Å². The number of esters is 1. The summed E-state index contributed by atoms with van der Waals surface area (Å²) in [4.78, 5) is 22.8. The van der Waals surface area contributed by atoms with Crippen LogP contribution in [0.1, 0.15) is 11.5 Å². The molecule has 0 unspecified atom stereocenters. The van der Waals surface area contributed by atoms with Gasteiger partial charge in [-0.2, -0.15) is 0 Å². The minimum absolute atomic E-state index is 0.195. The Bertz CT molecular complexity index is 467. The molecule has 4 nitrogen and oxygen atoms in total. The number of benzene rings is 1. The summed E-state index contributed by atoms with van der Waals surface area (Å²) >= 11 is 0. The first-order valence-electron chi connectivity index (χ1n) is 5.14. The molecule has 1 aromatic rings. The molecule has 3 rings (SSSR count). The van der Waals surface area contributed by atoms with Crippen molar-refractivity contribution in [3.8, 4) is 0 Å². The van der Waals surface area contributed by atoms with Crippen LogP contribution in [0.25, 0.3) is 0 Å². The zero-order valence-corrected chi connectivity index (χ0v) is 8.42. The van der Waals surface area contributed by atoms with Gasteiger partial charge in [-0.15, -0.1) is 0 Å². The van der Waals surface area contributed by atoms with Crippen LogP contribution in [-0.4, -0.2) is 23.7 Å². The summed E-state index contributed by atoms with van der Waals surface area (Å²) in [6, 6.07) is 9.30. The first kappa shape index (κ1) is 9.39. The van der Waals surface area contributed by atoms with E-state index in [1.165, 1.54) is 0 Å². The lowest BCUT2D eigenvalue weighted by Crippen LogP contribution is -2.26. The molecule has 1 aromatic carbocycles. The standard InChI is InChI=1S/C12H10O4/c13-10(14)12-8(6-16-11(12)15)9(12)7-4-2-1-3-5-7/h1-5,8-9H,6H2,(H,13,14)/t8-,9+,12-/m0/s1. The smallest absolute Gasteiger partial charge is 0.324 e. The third-order valence-electron chi connectivity index (χ3n) is 3.61. The summed E-state index contributed by atoms with van der Waals surface area (Å²) in [5, 5.41) is 9.22. The molecule has 1 saturated heterocycles. The Morgan fingerprint density at radius 1 is 1.38 bits per heavy atom. The van der Waals surface area contributed by atoms with Crippen molar-refractivity contribution in [2.75, 3.05) is 6.61 Å². The number of carbonyl (C=O) groups excluding carboxylic acids is 1. The van der Waals surface area contributed by atoms with E-state index in [1.54, 1.807) is 0 Å². The molecule has 1 aliphatic carbocycles. The van der Waals surface area contributed by atoms with Gasteiger partial charge in [-0.1, -0.05) is 30.3 Å². The van der Waals surface area contributed by atoms with Gasteiger partial charge < -0.3 is 9.84 Å². The van der Waals surface area contributed by atoms with Crippen molar-refractivity contribution < 1.29 is 19.4 Å². The van der Waals surface area contributed by atoms with Crippen LogP contribution in [0, 0.1) is 11.3 Å². The van der Waals surface area contributed by atoms with Gasteiger partial charge in [0, 0.05) is 11.8 Å². The largest absolute Gasteiger partial charge is 0.480 e. The van der Waals surface area contributed by atoms with Gasteiger partial charge in [-0.25, -0.2) is 0 Å². The van der Waals surface area contributed by atoms with Crippen molar-refractivity contribution in [3.63, 3.8) is 0 Å². The molecule has 1 N–H and O–H groups in total. The summed E-state index contributed by atoms with van der Waals surface area (Å²) in [7, 11) is 0. The lowest BCUT2D eigenvalue weighted by atomic mass is 9.99. The zero-order valence-electron chi connectivity index (χ0n) is 8.42. The maximum atomic E-state index is 11.6. The van der Waals surface area contributed by atoms with E-state index in [2.05, 4.69) is 0 Å². The van der Waals surface area contributed by atoms with Crippen molar-refractivity contribution >= 4 is 11.9 Å². The number of carboxylic acid groups (broad SMARTS) is 1. The second kappa shape index (κ2) is 2.84. The molecule has 2 aliphatic rings. The minimum Gasteiger partial charge on any atom is -0.480 e. The van der Waals surface area contributed by atoms with Crippen molar-refractivity contribution in [2.24, 2.45) is 11.3 Å². The van der Waals surface area contributed by atoms with E-state index in [4.69, 9.17) is 4.74 Å². The first-order valence-corrected chi connectivity index (χ1v) is 5.14. The van der Waals surface area contributed by atoms with Crippen LogP contribution in [0.4, 0.5) is 0 Å². The molecule has 82 valence electrons. The Morgan fingerprint density at radius 2 is 2.06 bits per heavy atom. The molecule has 0 amide bonds. The summed E-state index contributed by atoms with van der Waals surface area (Å²) < 4.78 is 4.81. The highest BCUT2D eigenvalue weighted by atomic mass is 16.5. The lowest BCUT2D eigenvalue weighted by Gasteiger charge is -2.08. The van der Waals surface area contributed by atoms with Crippen molar-refractivity contribution in [1.29, 1.82) is 0 Å². The third-order valence-corrected chi connectivity index (χ3v) is 3.61.